The molecule has 1 aromatic carbocycles. The summed E-state index contributed by atoms with van der Waals surface area (Å²) in [5.41, 5.74) is 7.99. The van der Waals surface area contributed by atoms with E-state index >= 15 is 0 Å². The zero-order chi connectivity index (χ0) is 13.0. The Balaban J connectivity index is 1.83. The van der Waals surface area contributed by atoms with Crippen LogP contribution in [0.4, 0.5) is 5.69 Å². The first-order chi connectivity index (χ1) is 8.66. The molecule has 0 radical (unpaired) electrons. The summed E-state index contributed by atoms with van der Waals surface area (Å²) in [7, 11) is 0. The molecule has 1 heterocycles. The van der Waals surface area contributed by atoms with Crippen LogP contribution in [0.2, 0.25) is 0 Å². The molecule has 0 bridgehead atoms. The van der Waals surface area contributed by atoms with Crippen LogP contribution in [0.25, 0.3) is 0 Å². The van der Waals surface area contributed by atoms with Crippen LogP contribution in [0.3, 0.4) is 0 Å². The fourth-order valence-electron chi connectivity index (χ4n) is 2.44. The molecule has 18 heavy (non-hydrogen) atoms. The quantitative estimate of drug-likeness (QED) is 0.847. The number of thioether (sulfide) groups is 1. The van der Waals surface area contributed by atoms with Gasteiger partial charge >= 0.3 is 0 Å². The van der Waals surface area contributed by atoms with Crippen LogP contribution in [0.5, 0.6) is 0 Å². The third-order valence-corrected chi connectivity index (χ3v) is 5.05. The van der Waals surface area contributed by atoms with Crippen molar-refractivity contribution in [3.8, 4) is 0 Å². The third-order valence-electron chi connectivity index (χ3n) is 3.86. The lowest BCUT2D eigenvalue weighted by molar-refractivity contribution is 0.225. The van der Waals surface area contributed by atoms with Gasteiger partial charge in [-0.15, -0.1) is 0 Å². The van der Waals surface area contributed by atoms with Gasteiger partial charge < -0.3 is 5.73 Å². The number of benzene rings is 1. The van der Waals surface area contributed by atoms with Gasteiger partial charge in [0.05, 0.1) is 0 Å². The van der Waals surface area contributed by atoms with E-state index in [-0.39, 0.29) is 0 Å². The maximum absolute atomic E-state index is 5.73. The minimum atomic E-state index is 0.618. The van der Waals surface area contributed by atoms with Gasteiger partial charge in [0, 0.05) is 29.8 Å². The van der Waals surface area contributed by atoms with Crippen molar-refractivity contribution in [2.45, 2.75) is 32.2 Å². The molecule has 0 aliphatic carbocycles. The molecule has 0 saturated carbocycles. The Hall–Kier alpha value is -0.670. The van der Waals surface area contributed by atoms with Crippen molar-refractivity contribution >= 4 is 17.4 Å². The maximum atomic E-state index is 5.73. The van der Waals surface area contributed by atoms with E-state index in [9.17, 15) is 0 Å². The highest BCUT2D eigenvalue weighted by molar-refractivity contribution is 7.99. The molecule has 1 aliphatic heterocycles. The first kappa shape index (κ1) is 13.8. The van der Waals surface area contributed by atoms with Gasteiger partial charge in [-0.3, -0.25) is 4.90 Å². The van der Waals surface area contributed by atoms with Crippen molar-refractivity contribution in [1.29, 1.82) is 0 Å². The van der Waals surface area contributed by atoms with Crippen LogP contribution in [-0.4, -0.2) is 35.5 Å². The number of nitrogen functional groups attached to an aromatic ring is 1. The van der Waals surface area contributed by atoms with Gasteiger partial charge in [-0.25, -0.2) is 0 Å². The summed E-state index contributed by atoms with van der Waals surface area (Å²) in [6.07, 6.45) is 1.24. The van der Waals surface area contributed by atoms with Crippen LogP contribution < -0.4 is 5.73 Å². The molecule has 1 saturated heterocycles. The van der Waals surface area contributed by atoms with Gasteiger partial charge in [0.1, 0.15) is 0 Å². The van der Waals surface area contributed by atoms with Gasteiger partial charge in [-0.2, -0.15) is 11.8 Å². The molecule has 2 unspecified atom stereocenters. The fourth-order valence-corrected chi connectivity index (χ4v) is 3.53. The Labute approximate surface area is 115 Å². The van der Waals surface area contributed by atoms with E-state index in [2.05, 4.69) is 42.6 Å². The molecule has 2 atom stereocenters. The molecular formula is C15H24N2S. The van der Waals surface area contributed by atoms with Crippen LogP contribution in [0.1, 0.15) is 31.7 Å². The van der Waals surface area contributed by atoms with Crippen molar-refractivity contribution in [1.82, 2.24) is 4.90 Å². The van der Waals surface area contributed by atoms with E-state index in [0.29, 0.717) is 5.92 Å². The molecule has 3 heteroatoms. The highest BCUT2D eigenvalue weighted by Gasteiger charge is 2.18. The normalized spacial score (nSPS) is 22.9. The highest BCUT2D eigenvalue weighted by atomic mass is 32.2. The Morgan fingerprint density at radius 1 is 1.39 bits per heavy atom. The SMILES string of the molecule is CC(CCN1CCSCC1C)c1ccc(N)cc1. The number of hydrogen-bond donors (Lipinski definition) is 1. The van der Waals surface area contributed by atoms with Crippen LogP contribution in [0.15, 0.2) is 24.3 Å². The molecule has 2 nitrogen and oxygen atoms in total. The first-order valence-corrected chi connectivity index (χ1v) is 7.99. The lowest BCUT2D eigenvalue weighted by Gasteiger charge is -2.33. The van der Waals surface area contributed by atoms with Crippen molar-refractivity contribution < 1.29 is 0 Å². The summed E-state index contributed by atoms with van der Waals surface area (Å²) in [5.74, 6) is 3.20. The predicted molar refractivity (Wildman–Crippen MR) is 82.2 cm³/mol. The van der Waals surface area contributed by atoms with Gasteiger partial charge in [0.25, 0.3) is 0 Å². The molecule has 1 aliphatic rings. The number of hydrogen-bond acceptors (Lipinski definition) is 3. The topological polar surface area (TPSA) is 29.3 Å². The summed E-state index contributed by atoms with van der Waals surface area (Å²) in [6.45, 7) is 7.13. The van der Waals surface area contributed by atoms with Crippen molar-refractivity contribution in [3.63, 3.8) is 0 Å². The molecule has 2 N–H and O–H groups in total. The van der Waals surface area contributed by atoms with Gasteiger partial charge in [-0.05, 0) is 43.5 Å². The van der Waals surface area contributed by atoms with Crippen LogP contribution in [0, 0.1) is 0 Å². The first-order valence-electron chi connectivity index (χ1n) is 6.84. The smallest absolute Gasteiger partial charge is 0.0314 e. The fraction of sp³-hybridized carbons (Fsp3) is 0.600. The van der Waals surface area contributed by atoms with Gasteiger partial charge in [0.2, 0.25) is 0 Å². The lowest BCUT2D eigenvalue weighted by Crippen LogP contribution is -2.41. The second-order valence-electron chi connectivity index (χ2n) is 5.32. The minimum absolute atomic E-state index is 0.618. The molecule has 1 fully saturated rings. The van der Waals surface area contributed by atoms with E-state index in [1.165, 1.54) is 36.6 Å². The molecule has 0 amide bonds. The predicted octanol–water partition coefficient (Wildman–Crippen LogP) is 3.20. The minimum Gasteiger partial charge on any atom is -0.399 e. The average Bonchev–Trinajstić information content (AvgIpc) is 2.38. The number of nitrogens with two attached hydrogens (primary N) is 1. The van der Waals surface area contributed by atoms with Crippen molar-refractivity contribution in [2.24, 2.45) is 0 Å². The van der Waals surface area contributed by atoms with Crippen molar-refractivity contribution in [2.75, 3.05) is 30.3 Å². The Morgan fingerprint density at radius 2 is 2.11 bits per heavy atom. The van der Waals surface area contributed by atoms with Crippen LogP contribution in [-0.2, 0) is 0 Å². The summed E-state index contributed by atoms with van der Waals surface area (Å²) in [6, 6.07) is 9.07. The van der Waals surface area contributed by atoms with Gasteiger partial charge in [0.15, 0.2) is 0 Å². The van der Waals surface area contributed by atoms with Crippen molar-refractivity contribution in [3.05, 3.63) is 29.8 Å². The zero-order valence-electron chi connectivity index (χ0n) is 11.4. The zero-order valence-corrected chi connectivity index (χ0v) is 12.2. The second-order valence-corrected chi connectivity index (χ2v) is 6.47. The largest absolute Gasteiger partial charge is 0.399 e. The Bertz CT molecular complexity index is 363. The number of rotatable bonds is 4. The van der Waals surface area contributed by atoms with E-state index < -0.39 is 0 Å². The standard InChI is InChI=1S/C15H24N2S/c1-12(14-3-5-15(16)6-4-14)7-8-17-9-10-18-11-13(17)2/h3-6,12-13H,7-11,16H2,1-2H3. The Kier molecular flexibility index (Phi) is 4.95. The average molecular weight is 264 g/mol. The van der Waals surface area contributed by atoms with E-state index in [1.54, 1.807) is 0 Å². The summed E-state index contributed by atoms with van der Waals surface area (Å²) in [5, 5.41) is 0. The highest BCUT2D eigenvalue weighted by Crippen LogP contribution is 2.22. The molecular weight excluding hydrogens is 240 g/mol. The monoisotopic (exact) mass is 264 g/mol. The summed E-state index contributed by atoms with van der Waals surface area (Å²) >= 11 is 2.08. The molecule has 0 aromatic heterocycles. The molecule has 2 rings (SSSR count). The van der Waals surface area contributed by atoms with Crippen LogP contribution >= 0.6 is 11.8 Å². The maximum Gasteiger partial charge on any atom is 0.0314 e. The molecule has 0 spiro atoms. The third kappa shape index (κ3) is 3.66. The number of nitrogens with zero attached hydrogens (tertiary/aromatic N) is 1. The second kappa shape index (κ2) is 6.48. The lowest BCUT2D eigenvalue weighted by atomic mass is 9.97. The summed E-state index contributed by atoms with van der Waals surface area (Å²) < 4.78 is 0. The summed E-state index contributed by atoms with van der Waals surface area (Å²) in [4.78, 5) is 2.63. The molecule has 1 aromatic rings. The van der Waals surface area contributed by atoms with E-state index in [1.807, 2.05) is 12.1 Å². The van der Waals surface area contributed by atoms with E-state index in [4.69, 9.17) is 5.73 Å². The Morgan fingerprint density at radius 3 is 2.78 bits per heavy atom. The van der Waals surface area contributed by atoms with Gasteiger partial charge in [-0.1, -0.05) is 19.1 Å². The number of anilines is 1. The molecule has 100 valence electrons. The van der Waals surface area contributed by atoms with E-state index in [0.717, 1.165) is 11.7 Å².